The van der Waals surface area contributed by atoms with Crippen molar-refractivity contribution in [3.05, 3.63) is 41.9 Å². The highest BCUT2D eigenvalue weighted by atomic mass is 15.2. The molecule has 0 aromatic carbocycles. The third kappa shape index (κ3) is 1.86. The Kier molecular flexibility index (Phi) is 2.57. The molecule has 0 bridgehead atoms. The van der Waals surface area contributed by atoms with Gasteiger partial charge in [0.15, 0.2) is 5.69 Å². The lowest BCUT2D eigenvalue weighted by Crippen LogP contribution is -2.32. The summed E-state index contributed by atoms with van der Waals surface area (Å²) in [6.45, 7) is 1.47. The van der Waals surface area contributed by atoms with Crippen LogP contribution in [0, 0.1) is 11.3 Å². The molecule has 6 heteroatoms. The fourth-order valence-corrected chi connectivity index (χ4v) is 1.99. The van der Waals surface area contributed by atoms with E-state index in [1.54, 1.807) is 18.6 Å². The highest BCUT2D eigenvalue weighted by molar-refractivity contribution is 5.41. The minimum absolute atomic E-state index is 0.331. The monoisotopic (exact) mass is 238 g/mol. The zero-order valence-electron chi connectivity index (χ0n) is 9.61. The summed E-state index contributed by atoms with van der Waals surface area (Å²) in [4.78, 5) is 19.0. The van der Waals surface area contributed by atoms with Crippen molar-refractivity contribution in [3.63, 3.8) is 0 Å². The van der Waals surface area contributed by atoms with E-state index in [9.17, 15) is 0 Å². The van der Waals surface area contributed by atoms with Gasteiger partial charge >= 0.3 is 0 Å². The highest BCUT2D eigenvalue weighted by Gasteiger charge is 2.19. The van der Waals surface area contributed by atoms with E-state index in [1.165, 1.54) is 6.20 Å². The van der Waals surface area contributed by atoms with Crippen molar-refractivity contribution in [2.24, 2.45) is 0 Å². The second kappa shape index (κ2) is 4.37. The summed E-state index contributed by atoms with van der Waals surface area (Å²) in [6, 6.07) is 2.00. The Labute approximate surface area is 104 Å². The molecular formula is C12H10N6. The molecule has 3 heterocycles. The van der Waals surface area contributed by atoms with Crippen molar-refractivity contribution in [1.82, 2.24) is 19.9 Å². The van der Waals surface area contributed by atoms with Gasteiger partial charge in [0.1, 0.15) is 11.9 Å². The molecule has 0 amide bonds. The van der Waals surface area contributed by atoms with E-state index in [1.807, 2.05) is 6.07 Å². The number of hydrogen-bond acceptors (Lipinski definition) is 6. The van der Waals surface area contributed by atoms with Crippen LogP contribution in [-0.2, 0) is 13.0 Å². The van der Waals surface area contributed by atoms with E-state index >= 15 is 0 Å². The fraction of sp³-hybridized carbons (Fsp3) is 0.250. The molecule has 0 aliphatic carbocycles. The van der Waals surface area contributed by atoms with Gasteiger partial charge in [-0.25, -0.2) is 4.98 Å². The van der Waals surface area contributed by atoms with Crippen LogP contribution in [0.3, 0.4) is 0 Å². The first-order valence-corrected chi connectivity index (χ1v) is 5.62. The minimum atomic E-state index is 0.331. The van der Waals surface area contributed by atoms with Crippen molar-refractivity contribution in [1.29, 1.82) is 5.26 Å². The summed E-state index contributed by atoms with van der Waals surface area (Å²) in [7, 11) is 0. The minimum Gasteiger partial charge on any atom is -0.349 e. The van der Waals surface area contributed by atoms with Crippen LogP contribution in [0.2, 0.25) is 0 Å². The Morgan fingerprint density at radius 1 is 1.17 bits per heavy atom. The summed E-state index contributed by atoms with van der Waals surface area (Å²) in [5, 5.41) is 8.82. The maximum absolute atomic E-state index is 8.82. The number of nitriles is 1. The van der Waals surface area contributed by atoms with Crippen LogP contribution in [-0.4, -0.2) is 26.5 Å². The van der Waals surface area contributed by atoms with Crippen LogP contribution in [0.5, 0.6) is 0 Å². The highest BCUT2D eigenvalue weighted by Crippen LogP contribution is 2.19. The largest absolute Gasteiger partial charge is 0.349 e. The van der Waals surface area contributed by atoms with E-state index < -0.39 is 0 Å². The number of hydrogen-bond donors (Lipinski definition) is 0. The molecule has 1 aliphatic rings. The van der Waals surface area contributed by atoms with Crippen LogP contribution >= 0.6 is 0 Å². The third-order valence-corrected chi connectivity index (χ3v) is 2.88. The first-order valence-electron chi connectivity index (χ1n) is 5.62. The van der Waals surface area contributed by atoms with Gasteiger partial charge in [-0.05, 0) is 0 Å². The first-order chi connectivity index (χ1) is 8.86. The van der Waals surface area contributed by atoms with Crippen molar-refractivity contribution in [2.75, 3.05) is 11.4 Å². The Bertz CT molecular complexity index is 618. The van der Waals surface area contributed by atoms with Gasteiger partial charge < -0.3 is 4.90 Å². The van der Waals surface area contributed by atoms with Gasteiger partial charge in [0.25, 0.3) is 0 Å². The molecular weight excluding hydrogens is 228 g/mol. The lowest BCUT2D eigenvalue weighted by atomic mass is 10.1. The van der Waals surface area contributed by atoms with Crippen LogP contribution in [0.4, 0.5) is 5.82 Å². The summed E-state index contributed by atoms with van der Waals surface area (Å²) in [5.74, 6) is 0.713. The molecule has 2 aromatic rings. The molecule has 18 heavy (non-hydrogen) atoms. The van der Waals surface area contributed by atoms with Gasteiger partial charge in [0.05, 0.1) is 30.3 Å². The molecule has 0 saturated carbocycles. The van der Waals surface area contributed by atoms with E-state index in [0.717, 1.165) is 24.4 Å². The molecule has 1 aliphatic heterocycles. The Balaban J connectivity index is 1.90. The summed E-state index contributed by atoms with van der Waals surface area (Å²) < 4.78 is 0. The SMILES string of the molecule is N#Cc1cncc(N2CCc3nccnc3C2)n1. The van der Waals surface area contributed by atoms with Crippen molar-refractivity contribution in [3.8, 4) is 6.07 Å². The first kappa shape index (κ1) is 10.6. The van der Waals surface area contributed by atoms with Crippen LogP contribution in [0.1, 0.15) is 17.1 Å². The predicted molar refractivity (Wildman–Crippen MR) is 63.5 cm³/mol. The zero-order valence-corrected chi connectivity index (χ0v) is 9.61. The quantitative estimate of drug-likeness (QED) is 0.727. The predicted octanol–water partition coefficient (Wildman–Crippen LogP) is 0.701. The average Bonchev–Trinajstić information content (AvgIpc) is 2.47. The molecule has 0 spiro atoms. The Hall–Kier alpha value is -2.55. The number of anilines is 1. The number of fused-ring (bicyclic) bond motifs is 1. The van der Waals surface area contributed by atoms with Crippen LogP contribution in [0.15, 0.2) is 24.8 Å². The Morgan fingerprint density at radius 2 is 2.00 bits per heavy atom. The molecule has 0 atom stereocenters. The third-order valence-electron chi connectivity index (χ3n) is 2.88. The van der Waals surface area contributed by atoms with Gasteiger partial charge in [-0.1, -0.05) is 0 Å². The topological polar surface area (TPSA) is 78.6 Å². The van der Waals surface area contributed by atoms with Crippen molar-refractivity contribution < 1.29 is 0 Å². The molecule has 0 fully saturated rings. The Morgan fingerprint density at radius 3 is 2.83 bits per heavy atom. The molecule has 0 unspecified atom stereocenters. The van der Waals surface area contributed by atoms with Gasteiger partial charge in [-0.2, -0.15) is 5.26 Å². The number of rotatable bonds is 1. The maximum Gasteiger partial charge on any atom is 0.161 e. The second-order valence-corrected chi connectivity index (χ2v) is 4.00. The van der Waals surface area contributed by atoms with E-state index in [2.05, 4.69) is 24.8 Å². The fourth-order valence-electron chi connectivity index (χ4n) is 1.99. The lowest BCUT2D eigenvalue weighted by molar-refractivity contribution is 0.679. The van der Waals surface area contributed by atoms with Gasteiger partial charge in [-0.3, -0.25) is 15.0 Å². The molecule has 2 aromatic heterocycles. The molecule has 6 nitrogen and oxygen atoms in total. The molecule has 0 N–H and O–H groups in total. The van der Waals surface area contributed by atoms with Gasteiger partial charge in [0, 0.05) is 25.4 Å². The molecule has 3 rings (SSSR count). The normalized spacial score (nSPS) is 13.8. The summed E-state index contributed by atoms with van der Waals surface area (Å²) in [6.07, 6.45) is 7.37. The molecule has 0 radical (unpaired) electrons. The lowest BCUT2D eigenvalue weighted by Gasteiger charge is -2.27. The van der Waals surface area contributed by atoms with Crippen molar-refractivity contribution >= 4 is 5.82 Å². The van der Waals surface area contributed by atoms with Crippen molar-refractivity contribution in [2.45, 2.75) is 13.0 Å². The van der Waals surface area contributed by atoms with Gasteiger partial charge in [0.2, 0.25) is 0 Å². The van der Waals surface area contributed by atoms with Crippen LogP contribution in [0.25, 0.3) is 0 Å². The smallest absolute Gasteiger partial charge is 0.161 e. The number of nitrogens with zero attached hydrogens (tertiary/aromatic N) is 6. The number of aromatic nitrogens is 4. The standard InChI is InChI=1S/C12H10N6/c13-5-9-6-14-7-12(17-9)18-4-1-10-11(8-18)16-3-2-15-10/h2-3,6-7H,1,4,8H2. The summed E-state index contributed by atoms with van der Waals surface area (Å²) in [5.41, 5.74) is 2.34. The molecule has 0 saturated heterocycles. The second-order valence-electron chi connectivity index (χ2n) is 4.00. The maximum atomic E-state index is 8.82. The van der Waals surface area contributed by atoms with Crippen LogP contribution < -0.4 is 4.90 Å². The molecule has 88 valence electrons. The van der Waals surface area contributed by atoms with Gasteiger partial charge in [-0.15, -0.1) is 0 Å². The average molecular weight is 238 g/mol. The van der Waals surface area contributed by atoms with E-state index in [0.29, 0.717) is 18.1 Å². The van der Waals surface area contributed by atoms with E-state index in [-0.39, 0.29) is 0 Å². The van der Waals surface area contributed by atoms with E-state index in [4.69, 9.17) is 5.26 Å². The summed E-state index contributed by atoms with van der Waals surface area (Å²) >= 11 is 0. The zero-order chi connectivity index (χ0) is 12.4.